The van der Waals surface area contributed by atoms with Crippen molar-refractivity contribution in [2.24, 2.45) is 0 Å². The number of aromatic nitrogens is 2. The van der Waals surface area contributed by atoms with Crippen molar-refractivity contribution in [3.8, 4) is 0 Å². The second kappa shape index (κ2) is 8.01. The summed E-state index contributed by atoms with van der Waals surface area (Å²) in [6.07, 6.45) is 2.12. The summed E-state index contributed by atoms with van der Waals surface area (Å²) in [5.74, 6) is 1.68. The van der Waals surface area contributed by atoms with E-state index in [0.29, 0.717) is 11.9 Å². The van der Waals surface area contributed by atoms with Crippen LogP contribution in [0.2, 0.25) is 0 Å². The highest BCUT2D eigenvalue weighted by atomic mass is 16.5. The first kappa shape index (κ1) is 17.2. The Hall–Kier alpha value is -2.18. The number of anilines is 2. The quantitative estimate of drug-likeness (QED) is 0.886. The second-order valence-electron chi connectivity index (χ2n) is 7.13. The van der Waals surface area contributed by atoms with Crippen molar-refractivity contribution in [1.82, 2.24) is 14.9 Å². The van der Waals surface area contributed by atoms with Gasteiger partial charge in [0.1, 0.15) is 5.82 Å². The van der Waals surface area contributed by atoms with Crippen LogP contribution in [-0.4, -0.2) is 60.8 Å². The molecule has 0 amide bonds. The zero-order valence-electron chi connectivity index (χ0n) is 15.2. The molecule has 1 aromatic heterocycles. The lowest BCUT2D eigenvalue weighted by atomic mass is 10.0. The maximum Gasteiger partial charge on any atom is 0.222 e. The van der Waals surface area contributed by atoms with Gasteiger partial charge >= 0.3 is 0 Å². The number of rotatable bonds is 5. The van der Waals surface area contributed by atoms with E-state index in [1.807, 2.05) is 0 Å². The molecule has 2 fully saturated rings. The SMILES string of the molecule is Nc1nc(C2CCOC2)cc(N2CCN(CCc3ccccc3)CC2)n1. The molecule has 4 rings (SSSR count). The fourth-order valence-electron chi connectivity index (χ4n) is 3.74. The largest absolute Gasteiger partial charge is 0.381 e. The van der Waals surface area contributed by atoms with E-state index in [2.05, 4.69) is 56.2 Å². The molecule has 1 aromatic carbocycles. The summed E-state index contributed by atoms with van der Waals surface area (Å²) in [4.78, 5) is 13.8. The zero-order chi connectivity index (χ0) is 17.8. The molecular weight excluding hydrogens is 326 g/mol. The summed E-state index contributed by atoms with van der Waals surface area (Å²) in [7, 11) is 0. The number of nitrogens with zero attached hydrogens (tertiary/aromatic N) is 4. The average molecular weight is 353 g/mol. The Morgan fingerprint density at radius 3 is 2.62 bits per heavy atom. The molecule has 1 unspecified atom stereocenters. The highest BCUT2D eigenvalue weighted by Gasteiger charge is 2.23. The van der Waals surface area contributed by atoms with Gasteiger partial charge in [0.25, 0.3) is 0 Å². The van der Waals surface area contributed by atoms with Crippen molar-refractivity contribution in [2.45, 2.75) is 18.8 Å². The van der Waals surface area contributed by atoms with Gasteiger partial charge in [-0.2, -0.15) is 4.98 Å². The lowest BCUT2D eigenvalue weighted by Crippen LogP contribution is -2.47. The summed E-state index contributed by atoms with van der Waals surface area (Å²) in [6.45, 7) is 6.72. The Morgan fingerprint density at radius 2 is 1.88 bits per heavy atom. The summed E-state index contributed by atoms with van der Waals surface area (Å²) in [5, 5.41) is 0. The van der Waals surface area contributed by atoms with Crippen LogP contribution in [0.15, 0.2) is 36.4 Å². The van der Waals surface area contributed by atoms with E-state index < -0.39 is 0 Å². The highest BCUT2D eigenvalue weighted by molar-refractivity contribution is 5.45. The van der Waals surface area contributed by atoms with E-state index in [1.54, 1.807) is 0 Å². The topological polar surface area (TPSA) is 67.5 Å². The average Bonchev–Trinajstić information content (AvgIpc) is 3.22. The van der Waals surface area contributed by atoms with Crippen LogP contribution >= 0.6 is 0 Å². The van der Waals surface area contributed by atoms with Crippen LogP contribution in [0, 0.1) is 0 Å². The van der Waals surface area contributed by atoms with E-state index in [4.69, 9.17) is 10.5 Å². The molecule has 0 radical (unpaired) electrons. The van der Waals surface area contributed by atoms with Crippen LogP contribution in [0.25, 0.3) is 0 Å². The second-order valence-corrected chi connectivity index (χ2v) is 7.13. The van der Waals surface area contributed by atoms with Crippen molar-refractivity contribution >= 4 is 11.8 Å². The van der Waals surface area contributed by atoms with Crippen LogP contribution in [-0.2, 0) is 11.2 Å². The molecule has 6 heteroatoms. The molecular formula is C20H27N5O. The summed E-state index contributed by atoms with van der Waals surface area (Å²) < 4.78 is 5.49. The predicted octanol–water partition coefficient (Wildman–Crippen LogP) is 1.93. The van der Waals surface area contributed by atoms with E-state index in [0.717, 1.165) is 70.3 Å². The third-order valence-corrected chi connectivity index (χ3v) is 5.35. The smallest absolute Gasteiger partial charge is 0.222 e. The third kappa shape index (κ3) is 4.14. The van der Waals surface area contributed by atoms with Crippen molar-refractivity contribution in [3.05, 3.63) is 47.7 Å². The normalized spacial score (nSPS) is 21.2. The van der Waals surface area contributed by atoms with Crippen LogP contribution < -0.4 is 10.6 Å². The number of benzene rings is 1. The van der Waals surface area contributed by atoms with Gasteiger partial charge in [0, 0.05) is 51.3 Å². The maximum atomic E-state index is 5.97. The van der Waals surface area contributed by atoms with Gasteiger partial charge in [-0.05, 0) is 18.4 Å². The molecule has 3 heterocycles. The number of piperazine rings is 1. The first-order chi connectivity index (χ1) is 12.8. The highest BCUT2D eigenvalue weighted by Crippen LogP contribution is 2.27. The van der Waals surface area contributed by atoms with Crippen LogP contribution in [0.4, 0.5) is 11.8 Å². The van der Waals surface area contributed by atoms with E-state index in [-0.39, 0.29) is 0 Å². The molecule has 2 aliphatic heterocycles. The number of hydrogen-bond acceptors (Lipinski definition) is 6. The molecule has 138 valence electrons. The standard InChI is InChI=1S/C20H27N5O/c21-20-22-18(17-7-13-26-15-17)14-19(23-20)25-11-9-24(10-12-25)8-6-16-4-2-1-3-5-16/h1-5,14,17H,6-13,15H2,(H2,21,22,23). The summed E-state index contributed by atoms with van der Waals surface area (Å²) in [6, 6.07) is 12.8. The van der Waals surface area contributed by atoms with Gasteiger partial charge in [-0.25, -0.2) is 4.98 Å². The number of hydrogen-bond donors (Lipinski definition) is 1. The Balaban J connectivity index is 1.34. The Kier molecular flexibility index (Phi) is 5.32. The minimum atomic E-state index is 0.353. The predicted molar refractivity (Wildman–Crippen MR) is 103 cm³/mol. The lowest BCUT2D eigenvalue weighted by molar-refractivity contribution is 0.193. The lowest BCUT2D eigenvalue weighted by Gasteiger charge is -2.35. The molecule has 2 aromatic rings. The molecule has 0 saturated carbocycles. The molecule has 0 bridgehead atoms. The van der Waals surface area contributed by atoms with Crippen LogP contribution in [0.3, 0.4) is 0 Å². The van der Waals surface area contributed by atoms with Gasteiger partial charge in [-0.3, -0.25) is 4.90 Å². The third-order valence-electron chi connectivity index (χ3n) is 5.35. The minimum absolute atomic E-state index is 0.353. The summed E-state index contributed by atoms with van der Waals surface area (Å²) >= 11 is 0. The molecule has 1 atom stereocenters. The molecule has 26 heavy (non-hydrogen) atoms. The zero-order valence-corrected chi connectivity index (χ0v) is 15.2. The molecule has 0 aliphatic carbocycles. The first-order valence-electron chi connectivity index (χ1n) is 9.51. The number of nitrogens with two attached hydrogens (primary N) is 1. The van der Waals surface area contributed by atoms with Gasteiger partial charge in [-0.1, -0.05) is 30.3 Å². The van der Waals surface area contributed by atoms with Gasteiger partial charge in [0.05, 0.1) is 12.3 Å². The molecule has 6 nitrogen and oxygen atoms in total. The van der Waals surface area contributed by atoms with Gasteiger partial charge in [0.2, 0.25) is 5.95 Å². The Morgan fingerprint density at radius 1 is 1.08 bits per heavy atom. The van der Waals surface area contributed by atoms with Crippen molar-refractivity contribution in [3.63, 3.8) is 0 Å². The van der Waals surface area contributed by atoms with Gasteiger partial charge in [0.15, 0.2) is 0 Å². The summed E-state index contributed by atoms with van der Waals surface area (Å²) in [5.41, 5.74) is 8.40. The van der Waals surface area contributed by atoms with Crippen LogP contribution in [0.5, 0.6) is 0 Å². The van der Waals surface area contributed by atoms with E-state index >= 15 is 0 Å². The Labute approximate surface area is 155 Å². The van der Waals surface area contributed by atoms with Crippen LogP contribution in [0.1, 0.15) is 23.6 Å². The first-order valence-corrected chi connectivity index (χ1v) is 9.51. The van der Waals surface area contributed by atoms with E-state index in [1.165, 1.54) is 5.56 Å². The van der Waals surface area contributed by atoms with Gasteiger partial charge < -0.3 is 15.4 Å². The molecule has 0 spiro atoms. The minimum Gasteiger partial charge on any atom is -0.381 e. The molecule has 2 aliphatic rings. The Bertz CT molecular complexity index is 709. The van der Waals surface area contributed by atoms with Crippen molar-refractivity contribution < 1.29 is 4.74 Å². The maximum absolute atomic E-state index is 5.97. The van der Waals surface area contributed by atoms with Crippen molar-refractivity contribution in [2.75, 3.05) is 56.6 Å². The fraction of sp³-hybridized carbons (Fsp3) is 0.500. The van der Waals surface area contributed by atoms with Gasteiger partial charge in [-0.15, -0.1) is 0 Å². The molecule has 2 saturated heterocycles. The fourth-order valence-corrected chi connectivity index (χ4v) is 3.74. The molecule has 2 N–H and O–H groups in total. The van der Waals surface area contributed by atoms with E-state index in [9.17, 15) is 0 Å². The monoisotopic (exact) mass is 353 g/mol. The number of nitrogen functional groups attached to an aromatic ring is 1. The van der Waals surface area contributed by atoms with Crippen molar-refractivity contribution in [1.29, 1.82) is 0 Å². The number of ether oxygens (including phenoxy) is 1.